The van der Waals surface area contributed by atoms with E-state index in [1.54, 1.807) is 6.92 Å². The molecule has 5 nitrogen and oxygen atoms in total. The van der Waals surface area contributed by atoms with Crippen LogP contribution in [0.2, 0.25) is 0 Å². The Hall–Kier alpha value is -2.25. The average molecular weight is 331 g/mol. The van der Waals surface area contributed by atoms with E-state index in [0.717, 1.165) is 12.1 Å². The van der Waals surface area contributed by atoms with E-state index in [2.05, 4.69) is 4.74 Å². The lowest BCUT2D eigenvalue weighted by molar-refractivity contribution is -0.274. The molecule has 1 aliphatic rings. The molecule has 1 aliphatic heterocycles. The highest BCUT2D eigenvalue weighted by Crippen LogP contribution is 2.26. The Labute approximate surface area is 130 Å². The number of likely N-dealkylation sites (tertiary alicyclic amines) is 1. The van der Waals surface area contributed by atoms with E-state index in [1.165, 1.54) is 17.0 Å². The second-order valence-electron chi connectivity index (χ2n) is 5.53. The van der Waals surface area contributed by atoms with E-state index < -0.39 is 24.0 Å². The molecule has 1 saturated heterocycles. The molecule has 0 spiro atoms. The second kappa shape index (κ2) is 6.47. The number of halogens is 3. The van der Waals surface area contributed by atoms with E-state index in [0.29, 0.717) is 19.5 Å². The zero-order valence-electron chi connectivity index (χ0n) is 12.3. The number of alkyl halides is 3. The van der Waals surface area contributed by atoms with Crippen LogP contribution in [0.25, 0.3) is 0 Å². The first-order valence-electron chi connectivity index (χ1n) is 7.05. The lowest BCUT2D eigenvalue weighted by Crippen LogP contribution is -2.45. The highest BCUT2D eigenvalue weighted by atomic mass is 19.4. The molecule has 0 saturated carbocycles. The maximum absolute atomic E-state index is 12.3. The summed E-state index contributed by atoms with van der Waals surface area (Å²) >= 11 is 0. The number of rotatable bonds is 3. The van der Waals surface area contributed by atoms with Gasteiger partial charge in [0.05, 0.1) is 5.92 Å². The molecule has 2 unspecified atom stereocenters. The number of benzene rings is 1. The van der Waals surface area contributed by atoms with Crippen LogP contribution in [0.5, 0.6) is 5.75 Å². The van der Waals surface area contributed by atoms with E-state index in [1.807, 2.05) is 0 Å². The van der Waals surface area contributed by atoms with Gasteiger partial charge in [-0.2, -0.15) is 0 Å². The fourth-order valence-electron chi connectivity index (χ4n) is 2.68. The maximum atomic E-state index is 12.3. The lowest BCUT2D eigenvalue weighted by Gasteiger charge is -2.35. The van der Waals surface area contributed by atoms with Crippen LogP contribution >= 0.6 is 0 Å². The fourth-order valence-corrected chi connectivity index (χ4v) is 2.68. The molecular weight excluding hydrogens is 315 g/mol. The highest BCUT2D eigenvalue weighted by molar-refractivity contribution is 5.94. The van der Waals surface area contributed by atoms with Crippen molar-refractivity contribution in [2.75, 3.05) is 13.1 Å². The standard InChI is InChI=1S/C15H16F3NO4/c1-9-8-19(7-6-12(9)14(21)22)13(20)10-2-4-11(5-3-10)23-15(16,17)18/h2-5,9,12H,6-8H2,1H3,(H,21,22). The number of hydrogen-bond donors (Lipinski definition) is 1. The van der Waals surface area contributed by atoms with Gasteiger partial charge < -0.3 is 14.7 Å². The summed E-state index contributed by atoms with van der Waals surface area (Å²) in [7, 11) is 0. The van der Waals surface area contributed by atoms with Crippen LogP contribution in [-0.4, -0.2) is 41.3 Å². The molecule has 2 rings (SSSR count). The van der Waals surface area contributed by atoms with Crippen LogP contribution in [0.15, 0.2) is 24.3 Å². The number of carbonyl (C=O) groups is 2. The minimum atomic E-state index is -4.78. The summed E-state index contributed by atoms with van der Waals surface area (Å²) < 4.78 is 40.0. The Balaban J connectivity index is 2.02. The van der Waals surface area contributed by atoms with Crippen LogP contribution in [-0.2, 0) is 4.79 Å². The summed E-state index contributed by atoms with van der Waals surface area (Å²) in [6.45, 7) is 2.37. The fraction of sp³-hybridized carbons (Fsp3) is 0.467. The molecule has 0 aromatic heterocycles. The number of carboxylic acids is 1. The average Bonchev–Trinajstić information content (AvgIpc) is 2.45. The summed E-state index contributed by atoms with van der Waals surface area (Å²) in [4.78, 5) is 24.9. The number of aliphatic carboxylic acids is 1. The molecular formula is C15H16F3NO4. The van der Waals surface area contributed by atoms with Crippen molar-refractivity contribution >= 4 is 11.9 Å². The van der Waals surface area contributed by atoms with Gasteiger partial charge in [0.25, 0.3) is 5.91 Å². The zero-order chi connectivity index (χ0) is 17.2. The maximum Gasteiger partial charge on any atom is 0.573 e. The van der Waals surface area contributed by atoms with Crippen molar-refractivity contribution in [1.82, 2.24) is 4.90 Å². The summed E-state index contributed by atoms with van der Waals surface area (Å²) in [5.74, 6) is -2.27. The molecule has 2 atom stereocenters. The van der Waals surface area contributed by atoms with Gasteiger partial charge in [-0.1, -0.05) is 6.92 Å². The molecule has 126 valence electrons. The van der Waals surface area contributed by atoms with Gasteiger partial charge in [-0.05, 0) is 36.6 Å². The number of amides is 1. The van der Waals surface area contributed by atoms with Gasteiger partial charge in [0, 0.05) is 18.7 Å². The molecule has 1 fully saturated rings. The predicted octanol–water partition coefficient (Wildman–Crippen LogP) is 2.77. The Morgan fingerprint density at radius 1 is 1.26 bits per heavy atom. The largest absolute Gasteiger partial charge is 0.573 e. The van der Waals surface area contributed by atoms with Crippen LogP contribution in [0.3, 0.4) is 0 Å². The molecule has 1 aromatic carbocycles. The smallest absolute Gasteiger partial charge is 0.481 e. The number of carbonyl (C=O) groups excluding carboxylic acids is 1. The number of nitrogens with zero attached hydrogens (tertiary/aromatic N) is 1. The summed E-state index contributed by atoms with van der Waals surface area (Å²) in [6.07, 6.45) is -4.42. The quantitative estimate of drug-likeness (QED) is 0.925. The Morgan fingerprint density at radius 3 is 2.35 bits per heavy atom. The van der Waals surface area contributed by atoms with Gasteiger partial charge in [-0.3, -0.25) is 9.59 Å². The molecule has 1 N–H and O–H groups in total. The van der Waals surface area contributed by atoms with E-state index >= 15 is 0 Å². The zero-order valence-corrected chi connectivity index (χ0v) is 12.3. The molecule has 0 aliphatic carbocycles. The van der Waals surface area contributed by atoms with Crippen LogP contribution in [0, 0.1) is 11.8 Å². The van der Waals surface area contributed by atoms with E-state index in [4.69, 9.17) is 5.11 Å². The van der Waals surface area contributed by atoms with Crippen LogP contribution in [0.1, 0.15) is 23.7 Å². The number of hydrogen-bond acceptors (Lipinski definition) is 3. The van der Waals surface area contributed by atoms with Crippen molar-refractivity contribution in [2.24, 2.45) is 11.8 Å². The normalized spacial score (nSPS) is 21.8. The minimum Gasteiger partial charge on any atom is -0.481 e. The molecule has 0 radical (unpaired) electrons. The highest BCUT2D eigenvalue weighted by Gasteiger charge is 2.34. The SMILES string of the molecule is CC1CN(C(=O)c2ccc(OC(F)(F)F)cc2)CCC1C(=O)O. The lowest BCUT2D eigenvalue weighted by atomic mass is 9.87. The molecule has 1 aromatic rings. The number of piperidine rings is 1. The van der Waals surface area contributed by atoms with E-state index in [-0.39, 0.29) is 17.4 Å². The van der Waals surface area contributed by atoms with Gasteiger partial charge in [0.1, 0.15) is 5.75 Å². The minimum absolute atomic E-state index is 0.182. The van der Waals surface area contributed by atoms with Crippen molar-refractivity contribution in [3.8, 4) is 5.75 Å². The van der Waals surface area contributed by atoms with Gasteiger partial charge in [0.15, 0.2) is 0 Å². The van der Waals surface area contributed by atoms with Crippen LogP contribution in [0.4, 0.5) is 13.2 Å². The summed E-state index contributed by atoms with van der Waals surface area (Å²) in [5.41, 5.74) is 0.237. The van der Waals surface area contributed by atoms with Crippen molar-refractivity contribution in [2.45, 2.75) is 19.7 Å². The topological polar surface area (TPSA) is 66.8 Å². The third-order valence-corrected chi connectivity index (χ3v) is 3.84. The van der Waals surface area contributed by atoms with Gasteiger partial charge in [-0.25, -0.2) is 0 Å². The van der Waals surface area contributed by atoms with Crippen LogP contribution < -0.4 is 4.74 Å². The second-order valence-corrected chi connectivity index (χ2v) is 5.53. The first-order valence-corrected chi connectivity index (χ1v) is 7.05. The van der Waals surface area contributed by atoms with Crippen molar-refractivity contribution in [3.63, 3.8) is 0 Å². The Bertz CT molecular complexity index is 585. The first-order chi connectivity index (χ1) is 10.7. The molecule has 0 bridgehead atoms. The van der Waals surface area contributed by atoms with Crippen molar-refractivity contribution < 1.29 is 32.6 Å². The summed E-state index contributed by atoms with van der Waals surface area (Å²) in [6, 6.07) is 4.68. The van der Waals surface area contributed by atoms with Gasteiger partial charge in [0.2, 0.25) is 0 Å². The Morgan fingerprint density at radius 2 is 1.87 bits per heavy atom. The van der Waals surface area contributed by atoms with Gasteiger partial charge >= 0.3 is 12.3 Å². The molecule has 1 heterocycles. The predicted molar refractivity (Wildman–Crippen MR) is 73.9 cm³/mol. The molecule has 8 heteroatoms. The first kappa shape index (κ1) is 17.1. The van der Waals surface area contributed by atoms with Crippen molar-refractivity contribution in [3.05, 3.63) is 29.8 Å². The van der Waals surface area contributed by atoms with Gasteiger partial charge in [-0.15, -0.1) is 13.2 Å². The third-order valence-electron chi connectivity index (χ3n) is 3.84. The van der Waals surface area contributed by atoms with E-state index in [9.17, 15) is 22.8 Å². The summed E-state index contributed by atoms with van der Waals surface area (Å²) in [5, 5.41) is 9.06. The monoisotopic (exact) mass is 331 g/mol. The third kappa shape index (κ3) is 4.37. The number of ether oxygens (including phenoxy) is 1. The number of carboxylic acid groups (broad SMARTS) is 1. The van der Waals surface area contributed by atoms with Crippen molar-refractivity contribution in [1.29, 1.82) is 0 Å². The molecule has 1 amide bonds. The molecule has 23 heavy (non-hydrogen) atoms. The Kier molecular flexibility index (Phi) is 4.82.